The highest BCUT2D eigenvalue weighted by molar-refractivity contribution is 7.10. The van der Waals surface area contributed by atoms with E-state index in [1.165, 1.54) is 17.7 Å². The third-order valence-corrected chi connectivity index (χ3v) is 6.54. The molecule has 30 heavy (non-hydrogen) atoms. The van der Waals surface area contributed by atoms with Gasteiger partial charge in [0.25, 0.3) is 0 Å². The van der Waals surface area contributed by atoms with Gasteiger partial charge >= 0.3 is 0 Å². The van der Waals surface area contributed by atoms with Gasteiger partial charge in [-0.25, -0.2) is 0 Å². The summed E-state index contributed by atoms with van der Waals surface area (Å²) < 4.78 is 5.31. The maximum Gasteiger partial charge on any atom is 0.226 e. The third kappa shape index (κ3) is 5.47. The Labute approximate surface area is 185 Å². The molecule has 6 nitrogen and oxygen atoms in total. The van der Waals surface area contributed by atoms with Gasteiger partial charge < -0.3 is 9.84 Å². The number of halogens is 1. The van der Waals surface area contributed by atoms with E-state index in [9.17, 15) is 4.79 Å². The predicted octanol–water partition coefficient (Wildman–Crippen LogP) is 4.73. The molecule has 1 aliphatic rings. The van der Waals surface area contributed by atoms with Crippen LogP contribution < -0.4 is 5.32 Å². The first-order valence-corrected chi connectivity index (χ1v) is 11.6. The minimum Gasteiger partial charge on any atom is -0.354 e. The summed E-state index contributed by atoms with van der Waals surface area (Å²) in [4.78, 5) is 20.6. The Kier molecular flexibility index (Phi) is 7.15. The number of carbonyl (C=O) groups excluding carboxylic acids is 1. The van der Waals surface area contributed by atoms with E-state index in [2.05, 4.69) is 37.9 Å². The minimum absolute atomic E-state index is 0.0631. The molecule has 2 aromatic heterocycles. The fourth-order valence-electron chi connectivity index (χ4n) is 3.72. The van der Waals surface area contributed by atoms with E-state index < -0.39 is 0 Å². The number of aryl methyl sites for hydroxylation is 1. The van der Waals surface area contributed by atoms with Crippen LogP contribution in [0, 0.1) is 0 Å². The molecule has 4 rings (SSSR count). The largest absolute Gasteiger partial charge is 0.354 e. The molecule has 1 aromatic carbocycles. The molecule has 3 aromatic rings. The van der Waals surface area contributed by atoms with Gasteiger partial charge in [0.05, 0.1) is 6.04 Å². The number of thiophene rings is 1. The fourth-order valence-corrected chi connectivity index (χ4v) is 4.70. The average Bonchev–Trinajstić information content (AvgIpc) is 3.52. The lowest BCUT2D eigenvalue weighted by Gasteiger charge is -2.26. The van der Waals surface area contributed by atoms with Crippen molar-refractivity contribution in [3.63, 3.8) is 0 Å². The van der Waals surface area contributed by atoms with Gasteiger partial charge in [0.2, 0.25) is 17.6 Å². The van der Waals surface area contributed by atoms with Crippen LogP contribution in [0.1, 0.15) is 42.5 Å². The van der Waals surface area contributed by atoms with Crippen molar-refractivity contribution in [1.82, 2.24) is 20.4 Å². The second-order valence-corrected chi connectivity index (χ2v) is 8.87. The van der Waals surface area contributed by atoms with Crippen LogP contribution in [-0.4, -0.2) is 40.6 Å². The Morgan fingerprint density at radius 2 is 2.03 bits per heavy atom. The highest BCUT2D eigenvalue weighted by Crippen LogP contribution is 2.28. The molecule has 1 unspecified atom stereocenters. The molecule has 3 heterocycles. The monoisotopic (exact) mass is 444 g/mol. The van der Waals surface area contributed by atoms with Crippen molar-refractivity contribution in [2.24, 2.45) is 0 Å². The number of carbonyl (C=O) groups is 1. The first-order valence-electron chi connectivity index (χ1n) is 10.3. The van der Waals surface area contributed by atoms with Gasteiger partial charge in [0.15, 0.2) is 0 Å². The molecule has 8 heteroatoms. The van der Waals surface area contributed by atoms with Gasteiger partial charge in [-0.3, -0.25) is 9.69 Å². The lowest BCUT2D eigenvalue weighted by molar-refractivity contribution is -0.121. The van der Waals surface area contributed by atoms with Crippen molar-refractivity contribution < 1.29 is 9.32 Å². The summed E-state index contributed by atoms with van der Waals surface area (Å²) in [5.41, 5.74) is 0.855. The molecule has 1 atom stereocenters. The van der Waals surface area contributed by atoms with Gasteiger partial charge in [-0.1, -0.05) is 22.8 Å². The normalized spacial score (nSPS) is 15.4. The van der Waals surface area contributed by atoms with Crippen LogP contribution in [0.25, 0.3) is 11.4 Å². The highest BCUT2D eigenvalue weighted by atomic mass is 35.5. The van der Waals surface area contributed by atoms with Crippen LogP contribution in [0.4, 0.5) is 0 Å². The van der Waals surface area contributed by atoms with E-state index in [1.807, 2.05) is 12.1 Å². The number of hydrogen-bond donors (Lipinski definition) is 1. The van der Waals surface area contributed by atoms with E-state index in [4.69, 9.17) is 16.1 Å². The molecule has 0 spiro atoms. The molecule has 1 aliphatic heterocycles. The van der Waals surface area contributed by atoms with Crippen LogP contribution in [0.2, 0.25) is 5.02 Å². The topological polar surface area (TPSA) is 71.3 Å². The maximum absolute atomic E-state index is 12.4. The van der Waals surface area contributed by atoms with E-state index in [0.717, 1.165) is 18.7 Å². The number of amides is 1. The zero-order chi connectivity index (χ0) is 20.8. The van der Waals surface area contributed by atoms with Gasteiger partial charge in [-0.05, 0) is 68.1 Å². The van der Waals surface area contributed by atoms with Crippen LogP contribution in [0.5, 0.6) is 0 Å². The Bertz CT molecular complexity index is 936. The molecule has 1 N–H and O–H groups in total. The molecule has 1 saturated heterocycles. The van der Waals surface area contributed by atoms with Gasteiger partial charge in [0.1, 0.15) is 0 Å². The molecule has 0 radical (unpaired) electrons. The van der Waals surface area contributed by atoms with E-state index in [1.54, 1.807) is 23.5 Å². The van der Waals surface area contributed by atoms with Gasteiger partial charge in [-0.15, -0.1) is 11.3 Å². The molecular weight excluding hydrogens is 420 g/mol. The molecular formula is C22H25ClN4O2S. The average molecular weight is 445 g/mol. The number of hydrogen-bond acceptors (Lipinski definition) is 6. The Balaban J connectivity index is 1.23. The Morgan fingerprint density at radius 3 is 2.77 bits per heavy atom. The summed E-state index contributed by atoms with van der Waals surface area (Å²) in [7, 11) is 0. The maximum atomic E-state index is 12.4. The predicted molar refractivity (Wildman–Crippen MR) is 119 cm³/mol. The van der Waals surface area contributed by atoms with Crippen LogP contribution in [0.3, 0.4) is 0 Å². The molecule has 0 aliphatic carbocycles. The van der Waals surface area contributed by atoms with Crippen molar-refractivity contribution >= 4 is 28.8 Å². The Morgan fingerprint density at radius 1 is 1.23 bits per heavy atom. The smallest absolute Gasteiger partial charge is 0.226 e. The van der Waals surface area contributed by atoms with E-state index in [0.29, 0.717) is 42.5 Å². The second kappa shape index (κ2) is 10.2. The summed E-state index contributed by atoms with van der Waals surface area (Å²) in [6.07, 6.45) is 4.15. The summed E-state index contributed by atoms with van der Waals surface area (Å²) in [6.45, 7) is 2.86. The first-order chi connectivity index (χ1) is 14.7. The van der Waals surface area contributed by atoms with Crippen LogP contribution in [0.15, 0.2) is 46.3 Å². The van der Waals surface area contributed by atoms with Crippen molar-refractivity contribution in [3.8, 4) is 11.4 Å². The number of benzene rings is 1. The number of nitrogens with one attached hydrogen (secondary N) is 1. The van der Waals surface area contributed by atoms with E-state index >= 15 is 0 Å². The van der Waals surface area contributed by atoms with Crippen molar-refractivity contribution in [2.75, 3.05) is 19.6 Å². The SMILES string of the molecule is O=C(CCCc1nc(-c2ccc(Cl)cc2)no1)NCC(c1cccs1)N1CCCC1. The lowest BCUT2D eigenvalue weighted by atomic mass is 10.2. The molecule has 1 amide bonds. The number of rotatable bonds is 9. The molecule has 0 saturated carbocycles. The second-order valence-electron chi connectivity index (χ2n) is 7.45. The van der Waals surface area contributed by atoms with Crippen molar-refractivity contribution in [2.45, 2.75) is 38.1 Å². The van der Waals surface area contributed by atoms with E-state index in [-0.39, 0.29) is 11.9 Å². The summed E-state index contributed by atoms with van der Waals surface area (Å²) in [5, 5.41) is 9.90. The minimum atomic E-state index is 0.0631. The summed E-state index contributed by atoms with van der Waals surface area (Å²) in [5.74, 6) is 1.14. The highest BCUT2D eigenvalue weighted by Gasteiger charge is 2.24. The molecule has 0 bridgehead atoms. The molecule has 1 fully saturated rings. The number of aromatic nitrogens is 2. The zero-order valence-corrected chi connectivity index (χ0v) is 18.3. The summed E-state index contributed by atoms with van der Waals surface area (Å²) in [6, 6.07) is 11.8. The fraction of sp³-hybridized carbons (Fsp3) is 0.409. The lowest BCUT2D eigenvalue weighted by Crippen LogP contribution is -2.36. The van der Waals surface area contributed by atoms with Crippen molar-refractivity contribution in [1.29, 1.82) is 0 Å². The zero-order valence-electron chi connectivity index (χ0n) is 16.7. The van der Waals surface area contributed by atoms with Crippen molar-refractivity contribution in [3.05, 3.63) is 57.6 Å². The first kappa shape index (κ1) is 21.0. The van der Waals surface area contributed by atoms with Gasteiger partial charge in [-0.2, -0.15) is 4.98 Å². The molecule has 158 valence electrons. The third-order valence-electron chi connectivity index (χ3n) is 5.31. The summed E-state index contributed by atoms with van der Waals surface area (Å²) >= 11 is 7.67. The van der Waals surface area contributed by atoms with Crippen LogP contribution >= 0.6 is 22.9 Å². The van der Waals surface area contributed by atoms with Crippen LogP contribution in [-0.2, 0) is 11.2 Å². The standard InChI is InChI=1S/C22H25ClN4O2S/c23-17-10-8-16(9-11-17)22-25-21(29-26-22)7-3-6-20(28)24-15-18(19-5-4-14-30-19)27-12-1-2-13-27/h4-5,8-11,14,18H,1-3,6-7,12-13,15H2,(H,24,28). The Hall–Kier alpha value is -2.22. The quantitative estimate of drug-likeness (QED) is 0.516. The van der Waals surface area contributed by atoms with Gasteiger partial charge in [0, 0.05) is 34.8 Å². The number of nitrogens with zero attached hydrogens (tertiary/aromatic N) is 3. The number of likely N-dealkylation sites (tertiary alicyclic amines) is 1.